The molecule has 0 spiro atoms. The Labute approximate surface area is 184 Å². The van der Waals surface area contributed by atoms with Crippen LogP contribution >= 0.6 is 0 Å². The van der Waals surface area contributed by atoms with Crippen LogP contribution in [-0.2, 0) is 0 Å². The number of amides is 2. The fourth-order valence-corrected chi connectivity index (χ4v) is 3.37. The number of aryl methyl sites for hydroxylation is 1. The van der Waals surface area contributed by atoms with Crippen molar-refractivity contribution in [1.29, 1.82) is 0 Å². The van der Waals surface area contributed by atoms with Crippen LogP contribution in [0.2, 0.25) is 0 Å². The Morgan fingerprint density at radius 3 is 2.34 bits per heavy atom. The van der Waals surface area contributed by atoms with Crippen LogP contribution in [0.3, 0.4) is 0 Å². The molecule has 0 aliphatic rings. The summed E-state index contributed by atoms with van der Waals surface area (Å²) < 4.78 is 19.5. The molecule has 0 aliphatic carbocycles. The summed E-state index contributed by atoms with van der Waals surface area (Å²) in [4.78, 5) is 25.6. The van der Waals surface area contributed by atoms with Crippen molar-refractivity contribution in [3.8, 4) is 0 Å². The zero-order valence-electron chi connectivity index (χ0n) is 17.3. The maximum Gasteiger partial charge on any atom is 0.258 e. The Morgan fingerprint density at radius 1 is 0.875 bits per heavy atom. The van der Waals surface area contributed by atoms with Gasteiger partial charge in [-0.1, -0.05) is 48.5 Å². The Balaban J connectivity index is 1.58. The van der Waals surface area contributed by atoms with Crippen molar-refractivity contribution in [2.24, 2.45) is 0 Å². The van der Waals surface area contributed by atoms with Gasteiger partial charge in [0.2, 0.25) is 0 Å². The SMILES string of the molecule is Cc1ccc(C(=O)NC(c2ccccc2)c2ccco2)cc1NC(=O)c1ccccc1F. The van der Waals surface area contributed by atoms with E-state index >= 15 is 0 Å². The van der Waals surface area contributed by atoms with Crippen LogP contribution in [0.5, 0.6) is 0 Å². The van der Waals surface area contributed by atoms with E-state index in [0.29, 0.717) is 17.0 Å². The smallest absolute Gasteiger partial charge is 0.258 e. The minimum Gasteiger partial charge on any atom is -0.467 e. The molecule has 3 aromatic carbocycles. The average molecular weight is 428 g/mol. The number of halogens is 1. The molecular weight excluding hydrogens is 407 g/mol. The second-order valence-electron chi connectivity index (χ2n) is 7.30. The van der Waals surface area contributed by atoms with Crippen molar-refractivity contribution >= 4 is 17.5 Å². The van der Waals surface area contributed by atoms with E-state index in [2.05, 4.69) is 10.6 Å². The van der Waals surface area contributed by atoms with Crippen LogP contribution in [0.25, 0.3) is 0 Å². The lowest BCUT2D eigenvalue weighted by Crippen LogP contribution is -2.29. The first-order valence-corrected chi connectivity index (χ1v) is 10.1. The van der Waals surface area contributed by atoms with Gasteiger partial charge < -0.3 is 15.1 Å². The molecule has 4 rings (SSSR count). The van der Waals surface area contributed by atoms with Crippen molar-refractivity contribution in [2.45, 2.75) is 13.0 Å². The van der Waals surface area contributed by atoms with Crippen molar-refractivity contribution in [3.05, 3.63) is 125 Å². The highest BCUT2D eigenvalue weighted by atomic mass is 19.1. The summed E-state index contributed by atoms with van der Waals surface area (Å²) in [5.74, 6) is -0.927. The Kier molecular flexibility index (Phi) is 6.12. The van der Waals surface area contributed by atoms with E-state index in [1.807, 2.05) is 30.3 Å². The van der Waals surface area contributed by atoms with E-state index in [-0.39, 0.29) is 11.5 Å². The highest BCUT2D eigenvalue weighted by Gasteiger charge is 2.21. The molecular formula is C26H21FN2O3. The monoisotopic (exact) mass is 428 g/mol. The summed E-state index contributed by atoms with van der Waals surface area (Å²) in [6.45, 7) is 1.80. The molecule has 5 nitrogen and oxygen atoms in total. The van der Waals surface area contributed by atoms with E-state index < -0.39 is 17.8 Å². The Morgan fingerprint density at radius 2 is 1.62 bits per heavy atom. The standard InChI is InChI=1S/C26H21FN2O3/c1-17-13-14-19(16-22(17)28-26(31)20-10-5-6-11-21(20)27)25(30)29-24(23-12-7-15-32-23)18-8-3-2-4-9-18/h2-16,24H,1H3,(H,28,31)(H,29,30). The first kappa shape index (κ1) is 21.1. The highest BCUT2D eigenvalue weighted by molar-refractivity contribution is 6.05. The van der Waals surface area contributed by atoms with Crippen LogP contribution in [0.4, 0.5) is 10.1 Å². The van der Waals surface area contributed by atoms with Crippen LogP contribution in [0.15, 0.2) is 95.6 Å². The van der Waals surface area contributed by atoms with Gasteiger partial charge in [-0.3, -0.25) is 9.59 Å². The lowest BCUT2D eigenvalue weighted by atomic mass is 10.0. The molecule has 1 atom stereocenters. The molecule has 2 amide bonds. The number of carbonyl (C=O) groups excluding carboxylic acids is 2. The summed E-state index contributed by atoms with van der Waals surface area (Å²) in [5.41, 5.74) is 2.34. The fraction of sp³-hybridized carbons (Fsp3) is 0.0769. The van der Waals surface area contributed by atoms with Crippen molar-refractivity contribution < 1.29 is 18.4 Å². The quantitative estimate of drug-likeness (QED) is 0.426. The number of nitrogens with one attached hydrogen (secondary N) is 2. The van der Waals surface area contributed by atoms with E-state index in [1.165, 1.54) is 18.2 Å². The zero-order valence-corrected chi connectivity index (χ0v) is 17.3. The topological polar surface area (TPSA) is 71.3 Å². The molecule has 0 radical (unpaired) electrons. The molecule has 0 bridgehead atoms. The van der Waals surface area contributed by atoms with Crippen LogP contribution in [-0.4, -0.2) is 11.8 Å². The summed E-state index contributed by atoms with van der Waals surface area (Å²) in [6, 6.07) is 23.3. The van der Waals surface area contributed by atoms with E-state index in [4.69, 9.17) is 4.42 Å². The van der Waals surface area contributed by atoms with Crippen molar-refractivity contribution in [3.63, 3.8) is 0 Å². The number of carbonyl (C=O) groups is 2. The molecule has 1 unspecified atom stereocenters. The zero-order chi connectivity index (χ0) is 22.5. The predicted molar refractivity (Wildman–Crippen MR) is 120 cm³/mol. The summed E-state index contributed by atoms with van der Waals surface area (Å²) >= 11 is 0. The lowest BCUT2D eigenvalue weighted by molar-refractivity contribution is 0.0937. The molecule has 1 aromatic heterocycles. The Bertz CT molecular complexity index is 1240. The predicted octanol–water partition coefficient (Wildman–Crippen LogP) is 5.50. The van der Waals surface area contributed by atoms with Crippen LogP contribution in [0, 0.1) is 12.7 Å². The van der Waals surface area contributed by atoms with Gasteiger partial charge in [-0.2, -0.15) is 0 Å². The third-order valence-corrected chi connectivity index (χ3v) is 5.10. The second-order valence-corrected chi connectivity index (χ2v) is 7.30. The van der Waals surface area contributed by atoms with Crippen molar-refractivity contribution in [1.82, 2.24) is 5.32 Å². The van der Waals surface area contributed by atoms with Gasteiger partial charge in [-0.25, -0.2) is 4.39 Å². The Hall–Kier alpha value is -4.19. The molecule has 0 aliphatic heterocycles. The van der Waals surface area contributed by atoms with Gasteiger partial charge in [0.05, 0.1) is 11.8 Å². The number of rotatable bonds is 6. The molecule has 160 valence electrons. The summed E-state index contributed by atoms with van der Waals surface area (Å²) in [5, 5.41) is 5.69. The third kappa shape index (κ3) is 4.59. The molecule has 32 heavy (non-hydrogen) atoms. The number of furan rings is 1. The first-order chi connectivity index (χ1) is 15.5. The fourth-order valence-electron chi connectivity index (χ4n) is 3.37. The van der Waals surface area contributed by atoms with Gasteiger partial charge in [-0.05, 0) is 54.4 Å². The van der Waals surface area contributed by atoms with Crippen molar-refractivity contribution in [2.75, 3.05) is 5.32 Å². The molecule has 2 N–H and O–H groups in total. The third-order valence-electron chi connectivity index (χ3n) is 5.10. The van der Waals surface area contributed by atoms with Crippen LogP contribution < -0.4 is 10.6 Å². The maximum atomic E-state index is 14.0. The number of anilines is 1. The summed E-state index contributed by atoms with van der Waals surface area (Å²) in [6.07, 6.45) is 1.56. The van der Waals surface area contributed by atoms with Gasteiger partial charge in [0.1, 0.15) is 17.6 Å². The minimum absolute atomic E-state index is 0.0660. The van der Waals surface area contributed by atoms with E-state index in [0.717, 1.165) is 11.1 Å². The lowest BCUT2D eigenvalue weighted by Gasteiger charge is -2.18. The average Bonchev–Trinajstić information content (AvgIpc) is 3.34. The molecule has 6 heteroatoms. The number of hydrogen-bond acceptors (Lipinski definition) is 3. The largest absolute Gasteiger partial charge is 0.467 e. The second kappa shape index (κ2) is 9.31. The normalized spacial score (nSPS) is 11.6. The summed E-state index contributed by atoms with van der Waals surface area (Å²) in [7, 11) is 0. The number of hydrogen-bond donors (Lipinski definition) is 2. The minimum atomic E-state index is -0.610. The maximum absolute atomic E-state index is 14.0. The van der Waals surface area contributed by atoms with E-state index in [1.54, 1.807) is 49.6 Å². The highest BCUT2D eigenvalue weighted by Crippen LogP contribution is 2.24. The van der Waals surface area contributed by atoms with Gasteiger partial charge >= 0.3 is 0 Å². The molecule has 0 saturated heterocycles. The number of benzene rings is 3. The molecule has 0 saturated carbocycles. The van der Waals surface area contributed by atoms with Crippen LogP contribution in [0.1, 0.15) is 43.6 Å². The molecule has 1 heterocycles. The van der Waals surface area contributed by atoms with Gasteiger partial charge in [0.25, 0.3) is 11.8 Å². The molecule has 4 aromatic rings. The van der Waals surface area contributed by atoms with E-state index in [9.17, 15) is 14.0 Å². The van der Waals surface area contributed by atoms with Gasteiger partial charge in [-0.15, -0.1) is 0 Å². The molecule has 0 fully saturated rings. The first-order valence-electron chi connectivity index (χ1n) is 10.1. The van der Waals surface area contributed by atoms with Gasteiger partial charge in [0, 0.05) is 11.3 Å². The van der Waals surface area contributed by atoms with Gasteiger partial charge in [0.15, 0.2) is 0 Å².